The fourth-order valence-electron chi connectivity index (χ4n) is 15.4. The van der Waals surface area contributed by atoms with Crippen molar-refractivity contribution in [1.82, 2.24) is 0 Å². The SMILES string of the molecule is CC1(C)C2=C(CCC(C3=c4ccccc4=C(C4=CC=C(c5ccc6c(c5)C(C)(C)c5cc(C7=CC=C(c8c9ccccc9c(C9=CC=CCC9)c9ccccc89)CC7)ccc5-6)CC4)C4C=CC=CC34)=C2)c2ccccc21. The van der Waals surface area contributed by atoms with Crippen molar-refractivity contribution in [2.45, 2.75) is 89.9 Å². The van der Waals surface area contributed by atoms with Gasteiger partial charge in [0.2, 0.25) is 0 Å². The van der Waals surface area contributed by atoms with Gasteiger partial charge in [0.1, 0.15) is 0 Å². The van der Waals surface area contributed by atoms with Crippen LogP contribution in [-0.4, -0.2) is 0 Å². The summed E-state index contributed by atoms with van der Waals surface area (Å²) in [5.74, 6) is 0.630. The summed E-state index contributed by atoms with van der Waals surface area (Å²) in [7, 11) is 0. The van der Waals surface area contributed by atoms with Gasteiger partial charge in [-0.15, -0.1) is 0 Å². The summed E-state index contributed by atoms with van der Waals surface area (Å²) in [6, 6.07) is 51.5. The molecule has 368 valence electrons. The molecule has 0 saturated heterocycles. The van der Waals surface area contributed by atoms with Gasteiger partial charge in [-0.3, -0.25) is 0 Å². The number of rotatable bonds is 6. The normalized spacial score (nSPS) is 21.4. The van der Waals surface area contributed by atoms with Crippen LogP contribution in [0.15, 0.2) is 223 Å². The highest BCUT2D eigenvalue weighted by Crippen LogP contribution is 2.55. The topological polar surface area (TPSA) is 0 Å². The summed E-state index contributed by atoms with van der Waals surface area (Å²) in [5, 5.41) is 8.32. The molecule has 2 atom stereocenters. The van der Waals surface area contributed by atoms with Crippen LogP contribution in [0.25, 0.3) is 71.7 Å². The molecule has 0 fully saturated rings. The van der Waals surface area contributed by atoms with Crippen LogP contribution in [-0.2, 0) is 10.8 Å². The van der Waals surface area contributed by atoms with Crippen LogP contribution in [0.3, 0.4) is 0 Å². The lowest BCUT2D eigenvalue weighted by molar-refractivity contribution is 0.646. The zero-order valence-corrected chi connectivity index (χ0v) is 44.4. The Morgan fingerprint density at radius 1 is 0.382 bits per heavy atom. The summed E-state index contributed by atoms with van der Waals surface area (Å²) < 4.78 is 0. The minimum Gasteiger partial charge on any atom is -0.0842 e. The molecule has 0 amide bonds. The fraction of sp³-hybridized carbons (Fsp3) is 0.211. The van der Waals surface area contributed by atoms with Crippen molar-refractivity contribution >= 4 is 60.6 Å². The standard InChI is InChI=1S/C76H64/c1-75(2)67-29-17-16-20-55(67)56-43-40-54(46-70(56)75)74-65-27-14-12-25-63(65)73(64-26-13-15-28-66(64)74)51-36-32-48(33-37-51)53-39-42-58-57-41-38-52(44-68(57)76(3,4)69(58)45-53)47-30-34-50(35-31-47)72-61-23-10-8-21-59(61)71(49-18-6-5-7-19-49)60-22-9-11-24-62(60)72/h5-6,8-18,20-30,32,34,36,38-39,41-42,44-46,63,65H,7,19,31,33,35,37,40,43H2,1-4H3. The van der Waals surface area contributed by atoms with Crippen molar-refractivity contribution in [2.24, 2.45) is 11.8 Å². The average molecular weight is 977 g/mol. The molecule has 0 radical (unpaired) electrons. The third-order valence-electron chi connectivity index (χ3n) is 19.2. The van der Waals surface area contributed by atoms with Gasteiger partial charge in [-0.05, 0) is 207 Å². The number of hydrogen-bond acceptors (Lipinski definition) is 0. The zero-order chi connectivity index (χ0) is 50.9. The number of hydrogen-bond donors (Lipinski definition) is 0. The van der Waals surface area contributed by atoms with Crippen LogP contribution < -0.4 is 10.4 Å². The van der Waals surface area contributed by atoms with E-state index in [9.17, 15) is 0 Å². The van der Waals surface area contributed by atoms with Gasteiger partial charge < -0.3 is 0 Å². The first kappa shape index (κ1) is 45.6. The molecule has 0 bridgehead atoms. The fourth-order valence-corrected chi connectivity index (χ4v) is 15.4. The number of allylic oxidation sites excluding steroid dienone is 20. The Morgan fingerprint density at radius 2 is 0.868 bits per heavy atom. The van der Waals surface area contributed by atoms with E-state index in [1.54, 1.807) is 5.57 Å². The van der Waals surface area contributed by atoms with Crippen LogP contribution >= 0.6 is 0 Å². The molecule has 8 aliphatic carbocycles. The van der Waals surface area contributed by atoms with Crippen LogP contribution in [0.5, 0.6) is 0 Å². The van der Waals surface area contributed by atoms with E-state index >= 15 is 0 Å². The van der Waals surface area contributed by atoms with Gasteiger partial charge in [-0.2, -0.15) is 0 Å². The molecular weight excluding hydrogens is 913 g/mol. The molecule has 2 unspecified atom stereocenters. The van der Waals surface area contributed by atoms with E-state index in [4.69, 9.17) is 0 Å². The van der Waals surface area contributed by atoms with Gasteiger partial charge >= 0.3 is 0 Å². The largest absolute Gasteiger partial charge is 0.0842 e. The highest BCUT2D eigenvalue weighted by molar-refractivity contribution is 6.16. The zero-order valence-electron chi connectivity index (χ0n) is 44.4. The number of fused-ring (bicyclic) bond motifs is 9. The van der Waals surface area contributed by atoms with Crippen molar-refractivity contribution in [3.05, 3.63) is 278 Å². The molecule has 76 heavy (non-hydrogen) atoms. The molecule has 0 spiro atoms. The van der Waals surface area contributed by atoms with Crippen molar-refractivity contribution in [3.8, 4) is 11.1 Å². The van der Waals surface area contributed by atoms with E-state index < -0.39 is 0 Å². The van der Waals surface area contributed by atoms with Crippen molar-refractivity contribution in [1.29, 1.82) is 0 Å². The highest BCUT2D eigenvalue weighted by Gasteiger charge is 2.41. The molecule has 0 nitrogen and oxygen atoms in total. The van der Waals surface area contributed by atoms with E-state index in [1.165, 1.54) is 138 Å². The summed E-state index contributed by atoms with van der Waals surface area (Å²) >= 11 is 0. The molecule has 0 aromatic heterocycles. The van der Waals surface area contributed by atoms with Crippen LogP contribution in [0.4, 0.5) is 0 Å². The van der Waals surface area contributed by atoms with Crippen LogP contribution in [0.1, 0.15) is 124 Å². The minimum atomic E-state index is -0.110. The Labute approximate surface area is 449 Å². The van der Waals surface area contributed by atoms with Gasteiger partial charge in [0.05, 0.1) is 0 Å². The van der Waals surface area contributed by atoms with E-state index in [-0.39, 0.29) is 10.8 Å². The molecule has 0 N–H and O–H groups in total. The van der Waals surface area contributed by atoms with Gasteiger partial charge in [0.25, 0.3) is 0 Å². The van der Waals surface area contributed by atoms with Gasteiger partial charge in [0.15, 0.2) is 0 Å². The van der Waals surface area contributed by atoms with Gasteiger partial charge in [0, 0.05) is 22.7 Å². The van der Waals surface area contributed by atoms with Crippen LogP contribution in [0.2, 0.25) is 0 Å². The maximum atomic E-state index is 2.61. The predicted octanol–water partition coefficient (Wildman–Crippen LogP) is 18.2. The molecule has 7 aromatic carbocycles. The Hall–Kier alpha value is -7.80. The second kappa shape index (κ2) is 17.4. The van der Waals surface area contributed by atoms with Crippen LogP contribution in [0, 0.1) is 11.8 Å². The van der Waals surface area contributed by atoms with Crippen molar-refractivity contribution in [3.63, 3.8) is 0 Å². The lowest BCUT2D eigenvalue weighted by Gasteiger charge is -2.36. The van der Waals surface area contributed by atoms with Crippen molar-refractivity contribution < 1.29 is 0 Å². The van der Waals surface area contributed by atoms with Crippen molar-refractivity contribution in [2.75, 3.05) is 0 Å². The minimum absolute atomic E-state index is 0.00766. The summed E-state index contributed by atoms with van der Waals surface area (Å²) in [4.78, 5) is 0. The maximum Gasteiger partial charge on any atom is 0.0159 e. The monoisotopic (exact) mass is 977 g/mol. The Kier molecular flexibility index (Phi) is 10.4. The molecule has 0 heterocycles. The van der Waals surface area contributed by atoms with Gasteiger partial charge in [-0.1, -0.05) is 222 Å². The lowest BCUT2D eigenvalue weighted by Crippen LogP contribution is -2.41. The summed E-state index contributed by atoms with van der Waals surface area (Å²) in [6.07, 6.45) is 37.4. The maximum absolute atomic E-state index is 2.61. The first-order valence-electron chi connectivity index (χ1n) is 28.4. The molecule has 0 saturated carbocycles. The predicted molar refractivity (Wildman–Crippen MR) is 324 cm³/mol. The molecule has 15 rings (SSSR count). The molecule has 7 aromatic rings. The smallest absolute Gasteiger partial charge is 0.0159 e. The van der Waals surface area contributed by atoms with E-state index in [2.05, 4.69) is 234 Å². The summed E-state index contributed by atoms with van der Waals surface area (Å²) in [6.45, 7) is 9.76. The Bertz CT molecular complexity index is 4140. The second-order valence-corrected chi connectivity index (χ2v) is 23.8. The summed E-state index contributed by atoms with van der Waals surface area (Å²) in [5.41, 5.74) is 28.9. The Morgan fingerprint density at radius 3 is 1.42 bits per heavy atom. The molecule has 8 aliphatic rings. The first-order chi connectivity index (χ1) is 37.2. The van der Waals surface area contributed by atoms with E-state index in [1.807, 2.05) is 0 Å². The Balaban J connectivity index is 0.743. The third-order valence-corrected chi connectivity index (χ3v) is 19.2. The van der Waals surface area contributed by atoms with E-state index in [0.717, 1.165) is 51.4 Å². The highest BCUT2D eigenvalue weighted by atomic mass is 14.4. The quantitative estimate of drug-likeness (QED) is 0.146. The second-order valence-electron chi connectivity index (χ2n) is 23.8. The third kappa shape index (κ3) is 6.88. The van der Waals surface area contributed by atoms with E-state index in [0.29, 0.717) is 11.8 Å². The average Bonchev–Trinajstić information content (AvgIpc) is 3.85. The molecule has 0 aliphatic heterocycles. The first-order valence-corrected chi connectivity index (χ1v) is 28.4. The van der Waals surface area contributed by atoms with Gasteiger partial charge in [-0.25, -0.2) is 0 Å². The molecule has 0 heteroatoms. The lowest BCUT2D eigenvalue weighted by atomic mass is 9.67. The molecular formula is C76H64. The number of benzene rings is 7.